The van der Waals surface area contributed by atoms with Crippen LogP contribution in [0.4, 0.5) is 5.69 Å². The molecule has 0 amide bonds. The van der Waals surface area contributed by atoms with Gasteiger partial charge < -0.3 is 13.4 Å². The van der Waals surface area contributed by atoms with E-state index in [1.807, 2.05) is 72.8 Å². The molecule has 0 radical (unpaired) electrons. The average molecular weight is 888 g/mol. The molecule has 0 fully saturated rings. The van der Waals surface area contributed by atoms with Crippen LogP contribution in [0.25, 0.3) is 133 Å². The van der Waals surface area contributed by atoms with E-state index in [-0.39, 0.29) is 5.41 Å². The van der Waals surface area contributed by atoms with Gasteiger partial charge in [0.05, 0.1) is 23.3 Å². The molecule has 0 spiro atoms. The van der Waals surface area contributed by atoms with Crippen LogP contribution in [0.15, 0.2) is 203 Å². The van der Waals surface area contributed by atoms with Gasteiger partial charge in [-0.05, 0) is 100 Å². The third-order valence-corrected chi connectivity index (χ3v) is 13.4. The monoisotopic (exact) mass is 887 g/mol. The van der Waals surface area contributed by atoms with E-state index in [2.05, 4.69) is 152 Å². The number of rotatable bonds is 6. The van der Waals surface area contributed by atoms with E-state index in [4.69, 9.17) is 30.4 Å². The fourth-order valence-electron chi connectivity index (χ4n) is 9.96. The molecular formula is C62H41N5O2. The summed E-state index contributed by atoms with van der Waals surface area (Å²) in [6.45, 7) is 14.7. The van der Waals surface area contributed by atoms with Crippen molar-refractivity contribution < 1.29 is 8.83 Å². The van der Waals surface area contributed by atoms with Crippen LogP contribution in [0.2, 0.25) is 0 Å². The van der Waals surface area contributed by atoms with Gasteiger partial charge in [-0.15, -0.1) is 0 Å². The lowest BCUT2D eigenvalue weighted by Crippen LogP contribution is -2.10. The first-order valence-electron chi connectivity index (χ1n) is 23.1. The summed E-state index contributed by atoms with van der Waals surface area (Å²) in [6.07, 6.45) is 0. The van der Waals surface area contributed by atoms with Gasteiger partial charge in [0.15, 0.2) is 23.2 Å². The highest BCUT2D eigenvalue weighted by Crippen LogP contribution is 2.45. The molecular weight excluding hydrogens is 847 g/mol. The highest BCUT2D eigenvalue weighted by Gasteiger charge is 2.25. The van der Waals surface area contributed by atoms with Crippen molar-refractivity contribution in [3.63, 3.8) is 0 Å². The summed E-state index contributed by atoms with van der Waals surface area (Å²) in [7, 11) is 0. The maximum atomic E-state index is 7.99. The van der Waals surface area contributed by atoms with Crippen LogP contribution in [0.1, 0.15) is 26.3 Å². The van der Waals surface area contributed by atoms with Gasteiger partial charge in [0, 0.05) is 54.7 Å². The molecule has 69 heavy (non-hydrogen) atoms. The molecule has 0 aliphatic rings. The Morgan fingerprint density at radius 1 is 0.406 bits per heavy atom. The summed E-state index contributed by atoms with van der Waals surface area (Å²) in [6, 6.07) is 66.9. The van der Waals surface area contributed by atoms with Crippen LogP contribution in [0.3, 0.4) is 0 Å². The molecule has 0 aliphatic heterocycles. The number of fused-ring (bicyclic) bond motifs is 9. The molecule has 0 bridgehead atoms. The predicted molar refractivity (Wildman–Crippen MR) is 281 cm³/mol. The Kier molecular flexibility index (Phi) is 9.01. The fraction of sp³-hybridized carbons (Fsp3) is 0.0645. The van der Waals surface area contributed by atoms with E-state index >= 15 is 0 Å². The third kappa shape index (κ3) is 6.68. The maximum absolute atomic E-state index is 7.99. The molecule has 0 saturated heterocycles. The van der Waals surface area contributed by atoms with Gasteiger partial charge in [-0.3, -0.25) is 0 Å². The molecule has 13 aromatic rings. The van der Waals surface area contributed by atoms with Crippen molar-refractivity contribution in [3.8, 4) is 62.1 Å². The summed E-state index contributed by atoms with van der Waals surface area (Å²) in [5.41, 5.74) is 14.5. The maximum Gasteiger partial charge on any atom is 0.188 e. The minimum atomic E-state index is -0.0794. The van der Waals surface area contributed by atoms with Crippen molar-refractivity contribution in [2.24, 2.45) is 0 Å². The lowest BCUT2D eigenvalue weighted by Gasteiger charge is -2.22. The molecule has 0 unspecified atom stereocenters. The molecule has 0 saturated carbocycles. The standard InChI is InChI=1S/C62H41N5O2/c1-62(2,3)42-25-29-52-50(35-42)51-36-43(63-4)26-30-53(51)67(52)58-48(37-15-7-5-8-16-37)31-41(32-49(58)38-17-9-6-10-18-38)61-65-59(39-23-27-46-44-19-11-13-21-54(44)68-56(46)33-39)64-60(66-61)40-24-28-47-45-20-12-14-22-55(45)69-57(47)34-40/h5-36H,1-3H3. The quantitative estimate of drug-likeness (QED) is 0.156. The number of hydrogen-bond acceptors (Lipinski definition) is 5. The molecule has 9 aromatic carbocycles. The number of para-hydroxylation sites is 2. The molecule has 7 heteroatoms. The van der Waals surface area contributed by atoms with E-state index in [0.717, 1.165) is 110 Å². The Morgan fingerprint density at radius 2 is 0.870 bits per heavy atom. The second-order valence-corrected chi connectivity index (χ2v) is 18.7. The number of aromatic nitrogens is 4. The van der Waals surface area contributed by atoms with Crippen LogP contribution < -0.4 is 0 Å². The van der Waals surface area contributed by atoms with Crippen LogP contribution in [-0.4, -0.2) is 19.5 Å². The lowest BCUT2D eigenvalue weighted by molar-refractivity contribution is 0.591. The largest absolute Gasteiger partial charge is 0.456 e. The topological polar surface area (TPSA) is 74.2 Å². The van der Waals surface area contributed by atoms with Gasteiger partial charge in [0.25, 0.3) is 0 Å². The van der Waals surface area contributed by atoms with E-state index in [0.29, 0.717) is 23.2 Å². The van der Waals surface area contributed by atoms with Gasteiger partial charge in [0.2, 0.25) is 0 Å². The number of nitrogens with zero attached hydrogens (tertiary/aromatic N) is 5. The number of furan rings is 2. The normalized spacial score (nSPS) is 12.0. The Hall–Kier alpha value is -9.12. The molecule has 0 N–H and O–H groups in total. The van der Waals surface area contributed by atoms with Gasteiger partial charge in [-0.25, -0.2) is 19.8 Å². The smallest absolute Gasteiger partial charge is 0.188 e. The first kappa shape index (κ1) is 40.2. The number of benzene rings is 9. The molecule has 4 aromatic heterocycles. The van der Waals surface area contributed by atoms with E-state index in [1.165, 1.54) is 5.56 Å². The first-order chi connectivity index (χ1) is 33.8. The van der Waals surface area contributed by atoms with Crippen molar-refractivity contribution >= 4 is 71.4 Å². The van der Waals surface area contributed by atoms with Gasteiger partial charge in [-0.2, -0.15) is 0 Å². The summed E-state index contributed by atoms with van der Waals surface area (Å²) in [4.78, 5) is 19.8. The van der Waals surface area contributed by atoms with Crippen molar-refractivity contribution in [1.29, 1.82) is 0 Å². The van der Waals surface area contributed by atoms with E-state index in [1.54, 1.807) is 0 Å². The SMILES string of the molecule is [C-]#[N+]c1ccc2c(c1)c1cc(C(C)(C)C)ccc1n2-c1c(-c2ccccc2)cc(-c2nc(-c3ccc4c(c3)oc3ccccc34)nc(-c3ccc4c(c3)oc3ccccc34)n2)cc1-c1ccccc1. The van der Waals surface area contributed by atoms with Crippen molar-refractivity contribution in [2.45, 2.75) is 26.2 Å². The Balaban J connectivity index is 1.10. The second kappa shape index (κ2) is 15.5. The van der Waals surface area contributed by atoms with Crippen LogP contribution in [0.5, 0.6) is 0 Å². The van der Waals surface area contributed by atoms with Gasteiger partial charge in [0.1, 0.15) is 22.3 Å². The highest BCUT2D eigenvalue weighted by atomic mass is 16.3. The fourth-order valence-corrected chi connectivity index (χ4v) is 9.96. The summed E-state index contributed by atoms with van der Waals surface area (Å²) < 4.78 is 15.2. The molecule has 0 atom stereocenters. The van der Waals surface area contributed by atoms with E-state index in [9.17, 15) is 0 Å². The zero-order chi connectivity index (χ0) is 46.4. The van der Waals surface area contributed by atoms with Crippen LogP contribution >= 0.6 is 0 Å². The Morgan fingerprint density at radius 3 is 1.39 bits per heavy atom. The molecule has 7 nitrogen and oxygen atoms in total. The highest BCUT2D eigenvalue weighted by molar-refractivity contribution is 6.12. The zero-order valence-electron chi connectivity index (χ0n) is 38.0. The van der Waals surface area contributed by atoms with Crippen molar-refractivity contribution in [3.05, 3.63) is 211 Å². The number of hydrogen-bond donors (Lipinski definition) is 0. The summed E-state index contributed by atoms with van der Waals surface area (Å²) in [5, 5.41) is 6.30. The van der Waals surface area contributed by atoms with E-state index < -0.39 is 0 Å². The Bertz CT molecular complexity index is 4050. The van der Waals surface area contributed by atoms with Crippen LogP contribution in [0, 0.1) is 6.57 Å². The molecule has 326 valence electrons. The first-order valence-corrected chi connectivity index (χ1v) is 23.1. The van der Waals surface area contributed by atoms with Crippen molar-refractivity contribution in [1.82, 2.24) is 19.5 Å². The third-order valence-electron chi connectivity index (χ3n) is 13.4. The Labute approximate surface area is 397 Å². The minimum Gasteiger partial charge on any atom is -0.456 e. The molecule has 0 aliphatic carbocycles. The van der Waals surface area contributed by atoms with Crippen molar-refractivity contribution in [2.75, 3.05) is 0 Å². The minimum absolute atomic E-state index is 0.0794. The summed E-state index contributed by atoms with van der Waals surface area (Å²) >= 11 is 0. The molecule has 13 rings (SSSR count). The molecule has 4 heterocycles. The van der Waals surface area contributed by atoms with Gasteiger partial charge >= 0.3 is 0 Å². The lowest BCUT2D eigenvalue weighted by atomic mass is 9.86. The second-order valence-electron chi connectivity index (χ2n) is 18.7. The average Bonchev–Trinajstić information content (AvgIpc) is 4.06. The van der Waals surface area contributed by atoms with Gasteiger partial charge in [-0.1, -0.05) is 142 Å². The predicted octanol–water partition coefficient (Wildman–Crippen LogP) is 17.0. The zero-order valence-corrected chi connectivity index (χ0v) is 38.0. The van der Waals surface area contributed by atoms with Crippen LogP contribution in [-0.2, 0) is 5.41 Å². The summed E-state index contributed by atoms with van der Waals surface area (Å²) in [5.74, 6) is 1.55.